The number of aliphatic hydroxyl groups is 1. The monoisotopic (exact) mass is 180 g/mol. The molecule has 13 heavy (non-hydrogen) atoms. The highest BCUT2D eigenvalue weighted by atomic mass is 16.3. The number of hydrogen-bond acceptors (Lipinski definition) is 3. The molecule has 1 aromatic heterocycles. The summed E-state index contributed by atoms with van der Waals surface area (Å²) in [7, 11) is 0. The Balaban J connectivity index is 2.96. The predicted octanol–water partition coefficient (Wildman–Crippen LogP) is 1.42. The van der Waals surface area contributed by atoms with Crippen molar-refractivity contribution >= 4 is 5.69 Å². The van der Waals surface area contributed by atoms with Gasteiger partial charge in [0.25, 0.3) is 0 Å². The lowest BCUT2D eigenvalue weighted by atomic mass is 10.2. The number of nitrogens with zero attached hydrogens (tertiary/aromatic N) is 2. The molecule has 0 aromatic carbocycles. The van der Waals surface area contributed by atoms with E-state index in [-0.39, 0.29) is 6.61 Å². The lowest BCUT2D eigenvalue weighted by Crippen LogP contribution is -2.23. The van der Waals surface area contributed by atoms with Crippen LogP contribution in [0.5, 0.6) is 0 Å². The quantitative estimate of drug-likeness (QED) is 0.761. The van der Waals surface area contributed by atoms with Gasteiger partial charge in [0, 0.05) is 36.7 Å². The van der Waals surface area contributed by atoms with E-state index in [2.05, 4.69) is 23.7 Å². The van der Waals surface area contributed by atoms with E-state index in [1.165, 1.54) is 0 Å². The van der Waals surface area contributed by atoms with E-state index in [0.29, 0.717) is 0 Å². The van der Waals surface area contributed by atoms with Gasteiger partial charge in [0.2, 0.25) is 0 Å². The fourth-order valence-corrected chi connectivity index (χ4v) is 1.41. The van der Waals surface area contributed by atoms with E-state index in [9.17, 15) is 0 Å². The van der Waals surface area contributed by atoms with Crippen LogP contribution in [-0.4, -0.2) is 23.2 Å². The minimum absolute atomic E-state index is 0.0552. The number of rotatable bonds is 4. The van der Waals surface area contributed by atoms with Gasteiger partial charge in [0.1, 0.15) is 0 Å². The number of aromatic nitrogens is 1. The molecule has 0 aliphatic heterocycles. The van der Waals surface area contributed by atoms with Crippen molar-refractivity contribution in [1.82, 2.24) is 4.98 Å². The highest BCUT2D eigenvalue weighted by molar-refractivity contribution is 5.51. The molecule has 1 N–H and O–H groups in total. The lowest BCUT2D eigenvalue weighted by Gasteiger charge is -2.22. The first-order valence-electron chi connectivity index (χ1n) is 4.62. The maximum atomic E-state index is 9.09. The minimum atomic E-state index is 0.0552. The van der Waals surface area contributed by atoms with Crippen molar-refractivity contribution in [3.05, 3.63) is 24.0 Å². The summed E-state index contributed by atoms with van der Waals surface area (Å²) in [6.07, 6.45) is 3.47. The summed E-state index contributed by atoms with van der Waals surface area (Å²) in [6, 6.07) is 1.94. The molecular formula is C10H16N2O. The Bertz CT molecular complexity index is 259. The summed E-state index contributed by atoms with van der Waals surface area (Å²) in [4.78, 5) is 6.18. The van der Waals surface area contributed by atoms with E-state index >= 15 is 0 Å². The van der Waals surface area contributed by atoms with Crippen LogP contribution in [0.4, 0.5) is 5.69 Å². The molecule has 0 saturated carbocycles. The summed E-state index contributed by atoms with van der Waals surface area (Å²) in [6.45, 7) is 6.16. The molecule has 0 aliphatic carbocycles. The van der Waals surface area contributed by atoms with E-state index in [1.54, 1.807) is 12.4 Å². The van der Waals surface area contributed by atoms with Crippen molar-refractivity contribution in [2.75, 3.05) is 18.0 Å². The van der Waals surface area contributed by atoms with Gasteiger partial charge in [-0.05, 0) is 19.9 Å². The van der Waals surface area contributed by atoms with Crippen LogP contribution in [0.3, 0.4) is 0 Å². The number of aliphatic hydroxyl groups excluding tert-OH is 1. The van der Waals surface area contributed by atoms with Crippen molar-refractivity contribution in [2.24, 2.45) is 0 Å². The first kappa shape index (κ1) is 9.99. The molecule has 3 nitrogen and oxygen atoms in total. The zero-order valence-corrected chi connectivity index (χ0v) is 8.20. The van der Waals surface area contributed by atoms with Crippen molar-refractivity contribution in [2.45, 2.75) is 20.5 Å². The lowest BCUT2D eigenvalue weighted by molar-refractivity contribution is 0.281. The first-order valence-corrected chi connectivity index (χ1v) is 4.62. The molecular weight excluding hydrogens is 164 g/mol. The number of pyridine rings is 1. The van der Waals surface area contributed by atoms with Crippen LogP contribution >= 0.6 is 0 Å². The highest BCUT2D eigenvalue weighted by Gasteiger charge is 2.06. The maximum absolute atomic E-state index is 9.09. The summed E-state index contributed by atoms with van der Waals surface area (Å²) < 4.78 is 0. The highest BCUT2D eigenvalue weighted by Crippen LogP contribution is 2.18. The predicted molar refractivity (Wildman–Crippen MR) is 53.7 cm³/mol. The van der Waals surface area contributed by atoms with Crippen molar-refractivity contribution in [3.63, 3.8) is 0 Å². The second-order valence-corrected chi connectivity index (χ2v) is 2.83. The third kappa shape index (κ3) is 2.18. The third-order valence-corrected chi connectivity index (χ3v) is 2.15. The molecule has 1 rings (SSSR count). The minimum Gasteiger partial charge on any atom is -0.392 e. The molecule has 1 heterocycles. The molecule has 0 saturated heterocycles. The third-order valence-electron chi connectivity index (χ3n) is 2.15. The number of anilines is 1. The molecule has 3 heteroatoms. The average Bonchev–Trinajstić information content (AvgIpc) is 2.20. The van der Waals surface area contributed by atoms with Crippen LogP contribution in [0, 0.1) is 0 Å². The largest absolute Gasteiger partial charge is 0.392 e. The van der Waals surface area contributed by atoms with Gasteiger partial charge in [-0.25, -0.2) is 0 Å². The molecule has 0 fully saturated rings. The topological polar surface area (TPSA) is 36.4 Å². The van der Waals surface area contributed by atoms with Gasteiger partial charge in [-0.3, -0.25) is 4.98 Å². The summed E-state index contributed by atoms with van der Waals surface area (Å²) >= 11 is 0. The van der Waals surface area contributed by atoms with E-state index in [0.717, 1.165) is 24.3 Å². The second-order valence-electron chi connectivity index (χ2n) is 2.83. The average molecular weight is 180 g/mol. The molecule has 0 radical (unpaired) electrons. The summed E-state index contributed by atoms with van der Waals surface area (Å²) in [5.74, 6) is 0. The van der Waals surface area contributed by atoms with Crippen LogP contribution in [0.15, 0.2) is 18.5 Å². The van der Waals surface area contributed by atoms with E-state index < -0.39 is 0 Å². The molecule has 1 aromatic rings. The Kier molecular flexibility index (Phi) is 3.71. The fraction of sp³-hybridized carbons (Fsp3) is 0.500. The molecule has 72 valence electrons. The molecule has 0 amide bonds. The SMILES string of the molecule is CCN(CC)c1ccncc1CO. The molecule has 0 atom stereocenters. The fourth-order valence-electron chi connectivity index (χ4n) is 1.41. The van der Waals surface area contributed by atoms with Gasteiger partial charge in [-0.15, -0.1) is 0 Å². The maximum Gasteiger partial charge on any atom is 0.0717 e. The van der Waals surface area contributed by atoms with Crippen LogP contribution in [0.1, 0.15) is 19.4 Å². The van der Waals surface area contributed by atoms with Crippen molar-refractivity contribution in [3.8, 4) is 0 Å². The summed E-state index contributed by atoms with van der Waals surface area (Å²) in [5, 5.41) is 9.09. The zero-order valence-electron chi connectivity index (χ0n) is 8.20. The van der Waals surface area contributed by atoms with E-state index in [4.69, 9.17) is 5.11 Å². The van der Waals surface area contributed by atoms with Crippen LogP contribution in [0.2, 0.25) is 0 Å². The Morgan fingerprint density at radius 1 is 1.38 bits per heavy atom. The molecule has 0 bridgehead atoms. The Morgan fingerprint density at radius 3 is 2.62 bits per heavy atom. The first-order chi connectivity index (χ1) is 6.33. The standard InChI is InChI=1S/C10H16N2O/c1-3-12(4-2)10-5-6-11-7-9(10)8-13/h5-7,13H,3-4,8H2,1-2H3. The van der Waals surface area contributed by atoms with Gasteiger partial charge in [-0.1, -0.05) is 0 Å². The summed E-state index contributed by atoms with van der Waals surface area (Å²) in [5.41, 5.74) is 1.98. The second kappa shape index (κ2) is 4.82. The van der Waals surface area contributed by atoms with Gasteiger partial charge in [0.05, 0.1) is 6.61 Å². The van der Waals surface area contributed by atoms with Crippen molar-refractivity contribution in [1.29, 1.82) is 0 Å². The Labute approximate surface area is 79.0 Å². The van der Waals surface area contributed by atoms with Crippen LogP contribution in [-0.2, 0) is 6.61 Å². The van der Waals surface area contributed by atoms with Crippen LogP contribution < -0.4 is 4.90 Å². The number of hydrogen-bond donors (Lipinski definition) is 1. The van der Waals surface area contributed by atoms with Gasteiger partial charge < -0.3 is 10.0 Å². The zero-order chi connectivity index (χ0) is 9.68. The smallest absolute Gasteiger partial charge is 0.0717 e. The normalized spacial score (nSPS) is 10.1. The van der Waals surface area contributed by atoms with Crippen LogP contribution in [0.25, 0.3) is 0 Å². The van der Waals surface area contributed by atoms with Gasteiger partial charge >= 0.3 is 0 Å². The Morgan fingerprint density at radius 2 is 2.08 bits per heavy atom. The molecule has 0 aliphatic rings. The molecule has 0 unspecified atom stereocenters. The molecule has 0 spiro atoms. The van der Waals surface area contributed by atoms with E-state index in [1.807, 2.05) is 6.07 Å². The van der Waals surface area contributed by atoms with Crippen molar-refractivity contribution < 1.29 is 5.11 Å². The van der Waals surface area contributed by atoms with Gasteiger partial charge in [-0.2, -0.15) is 0 Å². The van der Waals surface area contributed by atoms with Gasteiger partial charge in [0.15, 0.2) is 0 Å². The Hall–Kier alpha value is -1.09.